The van der Waals surface area contributed by atoms with Crippen LogP contribution < -0.4 is 14.8 Å². The standard InChI is InChI=1S/C20H19BrN2O4S/c1-4-27-16-9-12(8-13(21)18(16)24)10-17-19(25)23-20(28-17)22-14-7-11(2)5-6-15(14)26-3/h5-10,24H,4H2,1-3H3,(H,22,23,25)/b17-10-. The van der Waals surface area contributed by atoms with Crippen LogP contribution in [0.3, 0.4) is 0 Å². The van der Waals surface area contributed by atoms with Crippen LogP contribution in [-0.2, 0) is 4.79 Å². The van der Waals surface area contributed by atoms with Crippen LogP contribution in [0.25, 0.3) is 6.08 Å². The van der Waals surface area contributed by atoms with Gasteiger partial charge in [0.2, 0.25) is 0 Å². The molecule has 0 spiro atoms. The molecule has 8 heteroatoms. The molecule has 1 aliphatic rings. The summed E-state index contributed by atoms with van der Waals surface area (Å²) in [7, 11) is 1.58. The van der Waals surface area contributed by atoms with Gasteiger partial charge in [-0.05, 0) is 83.0 Å². The minimum Gasteiger partial charge on any atom is -0.503 e. The number of amidine groups is 1. The quantitative estimate of drug-likeness (QED) is 0.625. The fraction of sp³-hybridized carbons (Fsp3) is 0.200. The number of carbonyl (C=O) groups is 1. The monoisotopic (exact) mass is 462 g/mol. The number of halogens is 1. The lowest BCUT2D eigenvalue weighted by Crippen LogP contribution is -2.19. The SMILES string of the molecule is CCOc1cc(/C=C2\SC(=Nc3cc(C)ccc3OC)NC2=O)cc(Br)c1O. The first kappa shape index (κ1) is 20.3. The summed E-state index contributed by atoms with van der Waals surface area (Å²) < 4.78 is 11.3. The van der Waals surface area contributed by atoms with Gasteiger partial charge in [-0.25, -0.2) is 4.99 Å². The third kappa shape index (κ3) is 4.51. The molecule has 146 valence electrons. The summed E-state index contributed by atoms with van der Waals surface area (Å²) in [6.07, 6.45) is 1.72. The Morgan fingerprint density at radius 1 is 1.29 bits per heavy atom. The van der Waals surface area contributed by atoms with Gasteiger partial charge in [0.25, 0.3) is 5.91 Å². The van der Waals surface area contributed by atoms with E-state index in [0.29, 0.717) is 38.3 Å². The smallest absolute Gasteiger partial charge is 0.264 e. The van der Waals surface area contributed by atoms with E-state index in [1.165, 1.54) is 11.8 Å². The van der Waals surface area contributed by atoms with Crippen LogP contribution in [-0.4, -0.2) is 29.9 Å². The van der Waals surface area contributed by atoms with Gasteiger partial charge in [0, 0.05) is 0 Å². The zero-order valence-electron chi connectivity index (χ0n) is 15.6. The molecule has 6 nitrogen and oxygen atoms in total. The normalized spacial score (nSPS) is 16.5. The van der Waals surface area contributed by atoms with Crippen molar-refractivity contribution in [2.45, 2.75) is 13.8 Å². The number of aryl methyl sites for hydroxylation is 1. The highest BCUT2D eigenvalue weighted by Gasteiger charge is 2.24. The lowest BCUT2D eigenvalue weighted by atomic mass is 10.2. The summed E-state index contributed by atoms with van der Waals surface area (Å²) in [6.45, 7) is 4.22. The summed E-state index contributed by atoms with van der Waals surface area (Å²) >= 11 is 4.54. The Hall–Kier alpha value is -2.45. The van der Waals surface area contributed by atoms with Crippen LogP contribution in [0.5, 0.6) is 17.2 Å². The molecule has 1 amide bonds. The summed E-state index contributed by atoms with van der Waals surface area (Å²) in [5.41, 5.74) is 2.42. The maximum Gasteiger partial charge on any atom is 0.264 e. The molecule has 2 aromatic rings. The molecule has 0 unspecified atom stereocenters. The Kier molecular flexibility index (Phi) is 6.31. The maximum absolute atomic E-state index is 12.4. The van der Waals surface area contributed by atoms with E-state index < -0.39 is 0 Å². The minimum atomic E-state index is -0.238. The molecule has 1 aliphatic heterocycles. The maximum atomic E-state index is 12.4. The molecule has 1 fully saturated rings. The number of amides is 1. The van der Waals surface area contributed by atoms with Gasteiger partial charge in [-0.2, -0.15) is 0 Å². The van der Waals surface area contributed by atoms with Gasteiger partial charge in [0.15, 0.2) is 16.7 Å². The van der Waals surface area contributed by atoms with Gasteiger partial charge in [0.05, 0.1) is 23.1 Å². The third-order valence-corrected chi connectivity index (χ3v) is 5.37. The van der Waals surface area contributed by atoms with Crippen molar-refractivity contribution >= 4 is 50.5 Å². The Labute approximate surface area is 175 Å². The second-order valence-electron chi connectivity index (χ2n) is 5.94. The number of aliphatic imine (C=N–C) groups is 1. The summed E-state index contributed by atoms with van der Waals surface area (Å²) in [5, 5.41) is 13.3. The van der Waals surface area contributed by atoms with E-state index in [4.69, 9.17) is 9.47 Å². The number of nitrogens with one attached hydrogen (secondary N) is 1. The Bertz CT molecular complexity index is 988. The lowest BCUT2D eigenvalue weighted by Gasteiger charge is -2.08. The van der Waals surface area contributed by atoms with Crippen molar-refractivity contribution in [2.75, 3.05) is 13.7 Å². The molecule has 3 rings (SSSR count). The highest BCUT2D eigenvalue weighted by atomic mass is 79.9. The number of carbonyl (C=O) groups excluding carboxylic acids is 1. The second kappa shape index (κ2) is 8.70. The molecule has 0 radical (unpaired) electrons. The summed E-state index contributed by atoms with van der Waals surface area (Å²) in [5.74, 6) is 0.776. The Morgan fingerprint density at radius 3 is 2.79 bits per heavy atom. The number of phenols is 1. The van der Waals surface area contributed by atoms with E-state index in [2.05, 4.69) is 26.2 Å². The first-order valence-electron chi connectivity index (χ1n) is 8.50. The molecule has 0 aromatic heterocycles. The van der Waals surface area contributed by atoms with E-state index >= 15 is 0 Å². The average molecular weight is 463 g/mol. The van der Waals surface area contributed by atoms with E-state index in [1.54, 1.807) is 25.3 Å². The number of aromatic hydroxyl groups is 1. The van der Waals surface area contributed by atoms with Crippen molar-refractivity contribution < 1.29 is 19.4 Å². The molecule has 2 N–H and O–H groups in total. The van der Waals surface area contributed by atoms with Gasteiger partial charge in [-0.1, -0.05) is 6.07 Å². The van der Waals surface area contributed by atoms with Crippen molar-refractivity contribution in [1.82, 2.24) is 5.32 Å². The van der Waals surface area contributed by atoms with Crippen LogP contribution in [0.2, 0.25) is 0 Å². The molecule has 2 aromatic carbocycles. The van der Waals surface area contributed by atoms with Crippen molar-refractivity contribution in [2.24, 2.45) is 4.99 Å². The fourth-order valence-electron chi connectivity index (χ4n) is 2.57. The fourth-order valence-corrected chi connectivity index (χ4v) is 3.87. The number of hydrogen-bond acceptors (Lipinski definition) is 6. The van der Waals surface area contributed by atoms with Gasteiger partial charge < -0.3 is 19.9 Å². The van der Waals surface area contributed by atoms with E-state index in [0.717, 1.165) is 11.1 Å². The number of thioether (sulfide) groups is 1. The van der Waals surface area contributed by atoms with Crippen LogP contribution in [0, 0.1) is 6.92 Å². The van der Waals surface area contributed by atoms with E-state index in [-0.39, 0.29) is 11.7 Å². The molecule has 0 bridgehead atoms. The van der Waals surface area contributed by atoms with E-state index in [1.807, 2.05) is 32.0 Å². The zero-order chi connectivity index (χ0) is 20.3. The van der Waals surface area contributed by atoms with Crippen LogP contribution >= 0.6 is 27.7 Å². The first-order valence-corrected chi connectivity index (χ1v) is 10.1. The van der Waals surface area contributed by atoms with Crippen molar-refractivity contribution in [1.29, 1.82) is 0 Å². The molecule has 0 aliphatic carbocycles. The highest BCUT2D eigenvalue weighted by molar-refractivity contribution is 9.10. The van der Waals surface area contributed by atoms with Crippen LogP contribution in [0.1, 0.15) is 18.1 Å². The molecular formula is C20H19BrN2O4S. The highest BCUT2D eigenvalue weighted by Crippen LogP contribution is 2.38. The van der Waals surface area contributed by atoms with Gasteiger partial charge in [-0.3, -0.25) is 4.79 Å². The number of ether oxygens (including phenoxy) is 2. The summed E-state index contributed by atoms with van der Waals surface area (Å²) in [6, 6.07) is 9.08. The molecule has 0 saturated carbocycles. The topological polar surface area (TPSA) is 80.2 Å². The number of hydrogen-bond donors (Lipinski definition) is 2. The largest absolute Gasteiger partial charge is 0.503 e. The van der Waals surface area contributed by atoms with Crippen molar-refractivity contribution in [3.05, 3.63) is 50.8 Å². The molecule has 1 heterocycles. The molecular weight excluding hydrogens is 444 g/mol. The van der Waals surface area contributed by atoms with Crippen molar-refractivity contribution in [3.63, 3.8) is 0 Å². The van der Waals surface area contributed by atoms with Gasteiger partial charge >= 0.3 is 0 Å². The molecule has 28 heavy (non-hydrogen) atoms. The third-order valence-electron chi connectivity index (χ3n) is 3.86. The number of methoxy groups -OCH3 is 1. The molecule has 1 saturated heterocycles. The van der Waals surface area contributed by atoms with Crippen LogP contribution in [0.15, 0.2) is 44.7 Å². The number of rotatable bonds is 5. The number of benzene rings is 2. The number of phenolic OH excluding ortho intramolecular Hbond substituents is 1. The van der Waals surface area contributed by atoms with Crippen molar-refractivity contribution in [3.8, 4) is 17.2 Å². The predicted molar refractivity (Wildman–Crippen MR) is 116 cm³/mol. The number of nitrogens with zero attached hydrogens (tertiary/aromatic N) is 1. The lowest BCUT2D eigenvalue weighted by molar-refractivity contribution is -0.115. The Balaban J connectivity index is 1.90. The first-order chi connectivity index (χ1) is 13.4. The minimum absolute atomic E-state index is 0.0290. The van der Waals surface area contributed by atoms with Crippen LogP contribution in [0.4, 0.5) is 5.69 Å². The van der Waals surface area contributed by atoms with E-state index in [9.17, 15) is 9.90 Å². The second-order valence-corrected chi connectivity index (χ2v) is 7.82. The molecule has 0 atom stereocenters. The average Bonchev–Trinajstić information content (AvgIpc) is 2.98. The zero-order valence-corrected chi connectivity index (χ0v) is 18.0. The summed E-state index contributed by atoms with van der Waals surface area (Å²) in [4.78, 5) is 17.4. The van der Waals surface area contributed by atoms with Gasteiger partial charge in [0.1, 0.15) is 11.4 Å². The predicted octanol–water partition coefficient (Wildman–Crippen LogP) is 4.76. The Morgan fingerprint density at radius 2 is 2.07 bits per heavy atom. The van der Waals surface area contributed by atoms with Gasteiger partial charge in [-0.15, -0.1) is 0 Å².